The number of carbonyl (C=O) groups is 1. The summed E-state index contributed by atoms with van der Waals surface area (Å²) in [5.41, 5.74) is 5.71. The zero-order chi connectivity index (χ0) is 23.5. The van der Waals surface area contributed by atoms with Gasteiger partial charge in [0.05, 0.1) is 13.2 Å². The molecule has 2 atom stereocenters. The van der Waals surface area contributed by atoms with Crippen LogP contribution in [0, 0.1) is 0 Å². The molecule has 3 aromatic rings. The van der Waals surface area contributed by atoms with Crippen molar-refractivity contribution in [3.8, 4) is 11.1 Å². The van der Waals surface area contributed by atoms with Crippen LogP contribution < -0.4 is 5.32 Å². The monoisotopic (exact) mass is 461 g/mol. The van der Waals surface area contributed by atoms with Gasteiger partial charge in [0.15, 0.2) is 6.29 Å². The summed E-state index contributed by atoms with van der Waals surface area (Å²) in [4.78, 5) is 12.4. The minimum atomic E-state index is -1.23. The molecule has 1 aliphatic carbocycles. The number of benzene rings is 3. The Morgan fingerprint density at radius 1 is 0.882 bits per heavy atom. The molecule has 1 heterocycles. The summed E-state index contributed by atoms with van der Waals surface area (Å²) >= 11 is 0. The van der Waals surface area contributed by atoms with Crippen molar-refractivity contribution in [2.45, 2.75) is 24.4 Å². The summed E-state index contributed by atoms with van der Waals surface area (Å²) < 4.78 is 16.6. The predicted octanol–water partition coefficient (Wildman–Crippen LogP) is 3.67. The van der Waals surface area contributed by atoms with Crippen molar-refractivity contribution in [2.75, 3.05) is 26.4 Å². The summed E-state index contributed by atoms with van der Waals surface area (Å²) in [5.74, 6) is -0.0491. The molecule has 3 N–H and O–H groups in total. The lowest BCUT2D eigenvalue weighted by atomic mass is 9.98. The van der Waals surface area contributed by atoms with E-state index in [0.717, 1.165) is 22.3 Å². The van der Waals surface area contributed by atoms with E-state index in [1.54, 1.807) is 18.2 Å². The highest BCUT2D eigenvalue weighted by molar-refractivity contribution is 5.79. The average Bonchev–Trinajstić information content (AvgIpc) is 3.52. The Balaban J connectivity index is 1.18. The van der Waals surface area contributed by atoms with Crippen LogP contribution in [0.3, 0.4) is 0 Å². The maximum Gasteiger partial charge on any atom is 0.407 e. The Bertz CT molecular complexity index is 1110. The second-order valence-electron chi connectivity index (χ2n) is 8.42. The van der Waals surface area contributed by atoms with Crippen molar-refractivity contribution in [3.05, 3.63) is 95.1 Å². The van der Waals surface area contributed by atoms with Crippen LogP contribution in [0.5, 0.6) is 0 Å². The molecule has 3 aromatic carbocycles. The van der Waals surface area contributed by atoms with Crippen LogP contribution in [-0.2, 0) is 14.2 Å². The SMILES string of the molecule is O=C(NCC(O)C(O)c1ccccc1C1OCCO1)OCC1c2ccccc2-c2ccccc21. The van der Waals surface area contributed by atoms with E-state index in [2.05, 4.69) is 29.6 Å². The van der Waals surface area contributed by atoms with Crippen LogP contribution in [0.15, 0.2) is 72.8 Å². The van der Waals surface area contributed by atoms with Crippen LogP contribution in [0.4, 0.5) is 4.79 Å². The molecule has 0 spiro atoms. The van der Waals surface area contributed by atoms with Gasteiger partial charge in [0.25, 0.3) is 0 Å². The maximum atomic E-state index is 12.4. The fraction of sp³-hybridized carbons (Fsp3) is 0.296. The van der Waals surface area contributed by atoms with E-state index >= 15 is 0 Å². The highest BCUT2D eigenvalue weighted by Gasteiger charge is 2.30. The van der Waals surface area contributed by atoms with E-state index in [1.807, 2.05) is 30.3 Å². The molecule has 0 bridgehead atoms. The first-order valence-corrected chi connectivity index (χ1v) is 11.4. The molecule has 5 rings (SSSR count). The summed E-state index contributed by atoms with van der Waals surface area (Å²) in [6.07, 6.45) is -3.68. The molecule has 1 aliphatic heterocycles. The van der Waals surface area contributed by atoms with Crippen molar-refractivity contribution in [2.24, 2.45) is 0 Å². The van der Waals surface area contributed by atoms with Crippen molar-refractivity contribution in [3.63, 3.8) is 0 Å². The Kier molecular flexibility index (Phi) is 6.60. The topological polar surface area (TPSA) is 97.3 Å². The van der Waals surface area contributed by atoms with Gasteiger partial charge < -0.3 is 29.7 Å². The van der Waals surface area contributed by atoms with E-state index < -0.39 is 24.6 Å². The number of hydrogen-bond acceptors (Lipinski definition) is 6. The number of alkyl carbamates (subject to hydrolysis) is 1. The van der Waals surface area contributed by atoms with E-state index in [4.69, 9.17) is 14.2 Å². The van der Waals surface area contributed by atoms with Crippen LogP contribution in [-0.4, -0.2) is 48.8 Å². The summed E-state index contributed by atoms with van der Waals surface area (Å²) in [5, 5.41) is 23.8. The number of ether oxygens (including phenoxy) is 3. The molecule has 7 nitrogen and oxygen atoms in total. The van der Waals surface area contributed by atoms with E-state index in [9.17, 15) is 15.0 Å². The first-order chi connectivity index (χ1) is 16.6. The van der Waals surface area contributed by atoms with E-state index in [1.165, 1.54) is 0 Å². The second kappa shape index (κ2) is 9.95. The van der Waals surface area contributed by atoms with Crippen molar-refractivity contribution < 1.29 is 29.2 Å². The molecule has 7 heteroatoms. The van der Waals surface area contributed by atoms with Gasteiger partial charge in [0.1, 0.15) is 18.8 Å². The first-order valence-electron chi connectivity index (χ1n) is 11.4. The lowest BCUT2D eigenvalue weighted by Crippen LogP contribution is -2.36. The van der Waals surface area contributed by atoms with Crippen LogP contribution in [0.1, 0.15) is 40.6 Å². The molecule has 0 radical (unpaired) electrons. The number of amides is 1. The van der Waals surface area contributed by atoms with Crippen LogP contribution in [0.2, 0.25) is 0 Å². The van der Waals surface area contributed by atoms with Gasteiger partial charge in [0, 0.05) is 18.0 Å². The van der Waals surface area contributed by atoms with Gasteiger partial charge in [-0.1, -0.05) is 72.8 Å². The fourth-order valence-corrected chi connectivity index (χ4v) is 4.69. The molecule has 1 fully saturated rings. The minimum absolute atomic E-state index is 0.0491. The summed E-state index contributed by atoms with van der Waals surface area (Å²) in [7, 11) is 0. The maximum absolute atomic E-state index is 12.4. The number of fused-ring (bicyclic) bond motifs is 3. The smallest absolute Gasteiger partial charge is 0.407 e. The van der Waals surface area contributed by atoms with Gasteiger partial charge in [-0.05, 0) is 27.8 Å². The quantitative estimate of drug-likeness (QED) is 0.497. The minimum Gasteiger partial charge on any atom is -0.449 e. The van der Waals surface area contributed by atoms with Crippen LogP contribution >= 0.6 is 0 Å². The van der Waals surface area contributed by atoms with E-state index in [-0.39, 0.29) is 19.1 Å². The third-order valence-corrected chi connectivity index (χ3v) is 6.35. The molecule has 0 aromatic heterocycles. The molecule has 2 aliphatic rings. The summed E-state index contributed by atoms with van der Waals surface area (Å²) in [6.45, 7) is 0.957. The fourth-order valence-electron chi connectivity index (χ4n) is 4.69. The number of rotatable bonds is 7. The number of hydrogen-bond donors (Lipinski definition) is 3. The zero-order valence-electron chi connectivity index (χ0n) is 18.6. The Morgan fingerprint density at radius 2 is 1.44 bits per heavy atom. The average molecular weight is 462 g/mol. The van der Waals surface area contributed by atoms with Crippen molar-refractivity contribution in [1.82, 2.24) is 5.32 Å². The number of carbonyl (C=O) groups excluding carboxylic acids is 1. The zero-order valence-corrected chi connectivity index (χ0v) is 18.6. The highest BCUT2D eigenvalue weighted by atomic mass is 16.7. The predicted molar refractivity (Wildman–Crippen MR) is 125 cm³/mol. The molecule has 1 amide bonds. The van der Waals surface area contributed by atoms with Gasteiger partial charge in [0.2, 0.25) is 0 Å². The van der Waals surface area contributed by atoms with Gasteiger partial charge in [-0.3, -0.25) is 0 Å². The van der Waals surface area contributed by atoms with E-state index in [0.29, 0.717) is 24.3 Å². The summed E-state index contributed by atoms with van der Waals surface area (Å²) in [6, 6.07) is 23.3. The molecule has 2 unspecified atom stereocenters. The standard InChI is InChI=1S/C27H27NO6/c29-24(25(30)21-11-5-6-12-22(21)26-32-13-14-33-26)15-28-27(31)34-16-23-19-9-3-1-7-17(19)18-8-2-4-10-20(18)23/h1-12,23-26,29-30H,13-16H2,(H,28,31). The molecule has 1 saturated heterocycles. The first kappa shape index (κ1) is 22.6. The number of aliphatic hydroxyl groups excluding tert-OH is 2. The highest BCUT2D eigenvalue weighted by Crippen LogP contribution is 2.44. The second-order valence-corrected chi connectivity index (χ2v) is 8.42. The van der Waals surface area contributed by atoms with Crippen molar-refractivity contribution >= 4 is 6.09 Å². The van der Waals surface area contributed by atoms with Gasteiger partial charge >= 0.3 is 6.09 Å². The number of aliphatic hydroxyl groups is 2. The Hall–Kier alpha value is -3.23. The van der Waals surface area contributed by atoms with Crippen molar-refractivity contribution in [1.29, 1.82) is 0 Å². The Morgan fingerprint density at radius 3 is 2.09 bits per heavy atom. The number of nitrogens with one attached hydrogen (secondary N) is 1. The molecule has 176 valence electrons. The normalized spacial score (nSPS) is 17.1. The third-order valence-electron chi connectivity index (χ3n) is 6.35. The lowest BCUT2D eigenvalue weighted by Gasteiger charge is -2.23. The molecule has 34 heavy (non-hydrogen) atoms. The van der Waals surface area contributed by atoms with Gasteiger partial charge in [-0.25, -0.2) is 4.79 Å². The lowest BCUT2D eigenvalue weighted by molar-refractivity contribution is -0.0485. The van der Waals surface area contributed by atoms with Crippen LogP contribution in [0.25, 0.3) is 11.1 Å². The van der Waals surface area contributed by atoms with Gasteiger partial charge in [-0.15, -0.1) is 0 Å². The third kappa shape index (κ3) is 4.43. The molecular weight excluding hydrogens is 434 g/mol. The molecular formula is C27H27NO6. The largest absolute Gasteiger partial charge is 0.449 e. The molecule has 0 saturated carbocycles. The Labute approximate surface area is 197 Å². The van der Waals surface area contributed by atoms with Gasteiger partial charge in [-0.2, -0.15) is 0 Å².